The maximum atomic E-state index is 11.7. The third-order valence-corrected chi connectivity index (χ3v) is 3.16. The van der Waals surface area contributed by atoms with Crippen LogP contribution in [-0.2, 0) is 0 Å². The van der Waals surface area contributed by atoms with Gasteiger partial charge in [-0.2, -0.15) is 0 Å². The van der Waals surface area contributed by atoms with E-state index < -0.39 is 0 Å². The molecule has 1 fully saturated rings. The lowest BCUT2D eigenvalue weighted by molar-refractivity contribution is 0.237. The first-order chi connectivity index (χ1) is 9.13. The number of carbonyl (C=O) groups excluding carboxylic acids is 1. The molecule has 0 radical (unpaired) electrons. The molecule has 1 aliphatic rings. The van der Waals surface area contributed by atoms with E-state index in [0.717, 1.165) is 29.9 Å². The fourth-order valence-electron chi connectivity index (χ4n) is 1.91. The monoisotopic (exact) mass is 264 g/mol. The second-order valence-corrected chi connectivity index (χ2v) is 4.72. The van der Waals surface area contributed by atoms with Crippen LogP contribution in [0.4, 0.5) is 4.79 Å². The van der Waals surface area contributed by atoms with Gasteiger partial charge in [0.2, 0.25) is 0 Å². The highest BCUT2D eigenvalue weighted by Crippen LogP contribution is 2.29. The molecule has 0 aromatic heterocycles. The molecule has 0 heterocycles. The molecule has 1 saturated carbocycles. The van der Waals surface area contributed by atoms with Crippen molar-refractivity contribution in [2.75, 3.05) is 14.2 Å². The van der Waals surface area contributed by atoms with Crippen LogP contribution >= 0.6 is 0 Å². The van der Waals surface area contributed by atoms with Gasteiger partial charge < -0.3 is 20.1 Å². The van der Waals surface area contributed by atoms with Crippen molar-refractivity contribution in [3.05, 3.63) is 23.8 Å². The fraction of sp³-hybridized carbons (Fsp3) is 0.500. The minimum absolute atomic E-state index is 0.139. The smallest absolute Gasteiger partial charge is 0.315 e. The summed E-state index contributed by atoms with van der Waals surface area (Å²) in [5.74, 6) is 1.48. The van der Waals surface area contributed by atoms with Gasteiger partial charge in [0.1, 0.15) is 11.5 Å². The van der Waals surface area contributed by atoms with Gasteiger partial charge in [0.15, 0.2) is 0 Å². The predicted molar refractivity (Wildman–Crippen MR) is 72.7 cm³/mol. The number of methoxy groups -OCH3 is 2. The average Bonchev–Trinajstić information content (AvgIpc) is 3.21. The summed E-state index contributed by atoms with van der Waals surface area (Å²) in [6, 6.07) is 5.61. The Kier molecular flexibility index (Phi) is 4.14. The van der Waals surface area contributed by atoms with Crippen LogP contribution < -0.4 is 20.1 Å². The van der Waals surface area contributed by atoms with E-state index in [9.17, 15) is 4.79 Å². The maximum Gasteiger partial charge on any atom is 0.315 e. The van der Waals surface area contributed by atoms with Gasteiger partial charge in [-0.25, -0.2) is 4.79 Å². The van der Waals surface area contributed by atoms with Crippen molar-refractivity contribution in [2.24, 2.45) is 0 Å². The zero-order chi connectivity index (χ0) is 13.8. The summed E-state index contributed by atoms with van der Waals surface area (Å²) in [5, 5.41) is 5.81. The zero-order valence-corrected chi connectivity index (χ0v) is 11.5. The lowest BCUT2D eigenvalue weighted by Crippen LogP contribution is -2.38. The summed E-state index contributed by atoms with van der Waals surface area (Å²) in [4.78, 5) is 11.7. The van der Waals surface area contributed by atoms with Crippen LogP contribution in [0.2, 0.25) is 0 Å². The number of rotatable bonds is 5. The van der Waals surface area contributed by atoms with Crippen molar-refractivity contribution in [2.45, 2.75) is 31.8 Å². The number of ether oxygens (including phenoxy) is 2. The minimum atomic E-state index is -0.149. The Bertz CT molecular complexity index is 458. The molecule has 0 saturated heterocycles. The molecule has 5 nitrogen and oxygen atoms in total. The first-order valence-corrected chi connectivity index (χ1v) is 6.43. The third-order valence-electron chi connectivity index (χ3n) is 3.16. The van der Waals surface area contributed by atoms with Crippen LogP contribution in [0.1, 0.15) is 31.4 Å². The van der Waals surface area contributed by atoms with Gasteiger partial charge in [-0.15, -0.1) is 0 Å². The normalized spacial score (nSPS) is 15.5. The summed E-state index contributed by atoms with van der Waals surface area (Å²) in [5.41, 5.74) is 0.896. The second-order valence-electron chi connectivity index (χ2n) is 4.72. The quantitative estimate of drug-likeness (QED) is 0.857. The van der Waals surface area contributed by atoms with Crippen LogP contribution in [-0.4, -0.2) is 26.3 Å². The summed E-state index contributed by atoms with van der Waals surface area (Å²) in [6.45, 7) is 1.92. The Labute approximate surface area is 113 Å². The molecule has 0 unspecified atom stereocenters. The Hall–Kier alpha value is -1.91. The molecule has 1 atom stereocenters. The van der Waals surface area contributed by atoms with Crippen LogP contribution in [0.25, 0.3) is 0 Å². The molecule has 0 bridgehead atoms. The minimum Gasteiger partial charge on any atom is -0.497 e. The molecular weight excluding hydrogens is 244 g/mol. The van der Waals surface area contributed by atoms with Crippen molar-refractivity contribution < 1.29 is 14.3 Å². The topological polar surface area (TPSA) is 59.6 Å². The molecule has 2 amide bonds. The third kappa shape index (κ3) is 3.53. The predicted octanol–water partition coefficient (Wildman–Crippen LogP) is 2.23. The van der Waals surface area contributed by atoms with Crippen molar-refractivity contribution in [1.82, 2.24) is 10.6 Å². The standard InChI is InChI=1S/C14H20N2O3/c1-9(15-14(17)16-10-4-5-10)12-8-11(18-2)6-7-13(12)19-3/h6-10H,4-5H2,1-3H3,(H2,15,16,17)/t9-/m0/s1. The highest BCUT2D eigenvalue weighted by molar-refractivity contribution is 5.75. The van der Waals surface area contributed by atoms with Gasteiger partial charge in [0, 0.05) is 11.6 Å². The maximum absolute atomic E-state index is 11.7. The second kappa shape index (κ2) is 5.82. The molecule has 0 spiro atoms. The van der Waals surface area contributed by atoms with Crippen molar-refractivity contribution in [1.29, 1.82) is 0 Å². The molecule has 2 N–H and O–H groups in total. The van der Waals surface area contributed by atoms with Crippen LogP contribution in [0.5, 0.6) is 11.5 Å². The molecule has 5 heteroatoms. The Morgan fingerprint density at radius 1 is 1.32 bits per heavy atom. The van der Waals surface area contributed by atoms with Gasteiger partial charge in [-0.05, 0) is 38.0 Å². The van der Waals surface area contributed by atoms with E-state index in [2.05, 4.69) is 10.6 Å². The molecule has 2 rings (SSSR count). The van der Waals surface area contributed by atoms with Gasteiger partial charge >= 0.3 is 6.03 Å². The lowest BCUT2D eigenvalue weighted by Gasteiger charge is -2.18. The van der Waals surface area contributed by atoms with Gasteiger partial charge in [0.25, 0.3) is 0 Å². The van der Waals surface area contributed by atoms with E-state index in [1.54, 1.807) is 14.2 Å². The molecule has 19 heavy (non-hydrogen) atoms. The fourth-order valence-corrected chi connectivity index (χ4v) is 1.91. The van der Waals surface area contributed by atoms with E-state index in [1.165, 1.54) is 0 Å². The van der Waals surface area contributed by atoms with E-state index in [4.69, 9.17) is 9.47 Å². The largest absolute Gasteiger partial charge is 0.497 e. The molecular formula is C14H20N2O3. The van der Waals surface area contributed by atoms with Crippen molar-refractivity contribution in [3.8, 4) is 11.5 Å². The number of benzene rings is 1. The first kappa shape index (κ1) is 13.5. The number of carbonyl (C=O) groups is 1. The number of urea groups is 1. The highest BCUT2D eigenvalue weighted by atomic mass is 16.5. The number of hydrogen-bond donors (Lipinski definition) is 2. The number of hydrogen-bond acceptors (Lipinski definition) is 3. The van der Waals surface area contributed by atoms with Crippen molar-refractivity contribution >= 4 is 6.03 Å². The van der Waals surface area contributed by atoms with Crippen LogP contribution in [0, 0.1) is 0 Å². The average molecular weight is 264 g/mol. The SMILES string of the molecule is COc1ccc(OC)c([C@H](C)NC(=O)NC2CC2)c1. The molecule has 104 valence electrons. The summed E-state index contributed by atoms with van der Waals surface area (Å²) < 4.78 is 10.5. The van der Waals surface area contributed by atoms with Gasteiger partial charge in [-0.1, -0.05) is 0 Å². The van der Waals surface area contributed by atoms with Crippen LogP contribution in [0.15, 0.2) is 18.2 Å². The molecule has 0 aliphatic heterocycles. The summed E-state index contributed by atoms with van der Waals surface area (Å²) in [6.07, 6.45) is 2.15. The molecule has 1 aliphatic carbocycles. The Morgan fingerprint density at radius 3 is 2.63 bits per heavy atom. The van der Waals surface area contributed by atoms with E-state index in [1.807, 2.05) is 25.1 Å². The van der Waals surface area contributed by atoms with Gasteiger partial charge in [-0.3, -0.25) is 0 Å². The van der Waals surface area contributed by atoms with Crippen molar-refractivity contribution in [3.63, 3.8) is 0 Å². The van der Waals surface area contributed by atoms with E-state index in [0.29, 0.717) is 6.04 Å². The highest BCUT2D eigenvalue weighted by Gasteiger charge is 2.24. The lowest BCUT2D eigenvalue weighted by atomic mass is 10.1. The molecule has 1 aromatic carbocycles. The van der Waals surface area contributed by atoms with Gasteiger partial charge in [0.05, 0.1) is 20.3 Å². The number of amides is 2. The number of nitrogens with one attached hydrogen (secondary N) is 2. The van der Waals surface area contributed by atoms with E-state index >= 15 is 0 Å². The van der Waals surface area contributed by atoms with E-state index in [-0.39, 0.29) is 12.1 Å². The van der Waals surface area contributed by atoms with Crippen LogP contribution in [0.3, 0.4) is 0 Å². The summed E-state index contributed by atoms with van der Waals surface area (Å²) >= 11 is 0. The first-order valence-electron chi connectivity index (χ1n) is 6.43. The zero-order valence-electron chi connectivity index (χ0n) is 11.5. The molecule has 1 aromatic rings. The Balaban J connectivity index is 2.07. The Morgan fingerprint density at radius 2 is 2.05 bits per heavy atom. The summed E-state index contributed by atoms with van der Waals surface area (Å²) in [7, 11) is 3.23.